The van der Waals surface area contributed by atoms with E-state index in [4.69, 9.17) is 19.6 Å². The predicted molar refractivity (Wildman–Crippen MR) is 58.9 cm³/mol. The summed E-state index contributed by atoms with van der Waals surface area (Å²) in [6.07, 6.45) is -0.695. The molecule has 0 amide bonds. The highest BCUT2D eigenvalue weighted by molar-refractivity contribution is 7.81. The van der Waals surface area contributed by atoms with Gasteiger partial charge < -0.3 is 24.7 Å². The van der Waals surface area contributed by atoms with Crippen molar-refractivity contribution < 1.29 is 42.9 Å². The zero-order valence-corrected chi connectivity index (χ0v) is 11.6. The van der Waals surface area contributed by atoms with Crippen LogP contribution in [0.4, 0.5) is 0 Å². The molecule has 0 aromatic carbocycles. The van der Waals surface area contributed by atoms with Crippen LogP contribution in [0.3, 0.4) is 0 Å². The first-order valence-electron chi connectivity index (χ1n) is 4.09. The fraction of sp³-hybridized carbons (Fsp3) is 1.00. The van der Waals surface area contributed by atoms with Crippen molar-refractivity contribution in [3.63, 3.8) is 0 Å². The molecule has 104 valence electrons. The topological polar surface area (TPSA) is 154 Å². The lowest BCUT2D eigenvalue weighted by molar-refractivity contribution is -0.291. The van der Waals surface area contributed by atoms with Gasteiger partial charge in [-0.05, 0) is 0 Å². The van der Waals surface area contributed by atoms with Crippen molar-refractivity contribution >= 4 is 28.3 Å². The van der Waals surface area contributed by atoms with Crippen molar-refractivity contribution in [2.75, 3.05) is 0 Å². The standard InChI is InChI=1S/C5H14O9P2S/c1-4(2,17)3-5(6,13-15(7,8)9)14-16(10,11)12/h6,17H,3H2,1-2H3,(H2,7,8,9)(H2,10,11,12). The van der Waals surface area contributed by atoms with Crippen LogP contribution in [0, 0.1) is 0 Å². The van der Waals surface area contributed by atoms with Crippen LogP contribution in [0.15, 0.2) is 0 Å². The fourth-order valence-corrected chi connectivity index (χ4v) is 2.21. The van der Waals surface area contributed by atoms with Crippen molar-refractivity contribution in [1.29, 1.82) is 0 Å². The van der Waals surface area contributed by atoms with Crippen molar-refractivity contribution in [3.05, 3.63) is 0 Å². The number of phosphoric ester groups is 2. The van der Waals surface area contributed by atoms with Gasteiger partial charge in [-0.15, -0.1) is 0 Å². The zero-order chi connectivity index (χ0) is 14.1. The van der Waals surface area contributed by atoms with E-state index < -0.39 is 32.8 Å². The minimum atomic E-state index is -5.21. The average molecular weight is 312 g/mol. The molecule has 0 atom stereocenters. The van der Waals surface area contributed by atoms with E-state index in [0.29, 0.717) is 0 Å². The molecule has 0 heterocycles. The summed E-state index contributed by atoms with van der Waals surface area (Å²) in [4.78, 5) is 34.1. The van der Waals surface area contributed by atoms with Crippen molar-refractivity contribution in [3.8, 4) is 0 Å². The van der Waals surface area contributed by atoms with E-state index in [1.807, 2.05) is 0 Å². The van der Waals surface area contributed by atoms with Gasteiger partial charge in [0.15, 0.2) is 0 Å². The molecule has 0 fully saturated rings. The fourth-order valence-electron chi connectivity index (χ4n) is 1.000. The highest BCUT2D eigenvalue weighted by atomic mass is 32.1. The molecule has 0 rings (SSSR count). The Hall–Kier alpha value is 0.530. The van der Waals surface area contributed by atoms with Gasteiger partial charge in [0, 0.05) is 11.2 Å². The Bertz CT molecular complexity index is 327. The van der Waals surface area contributed by atoms with Crippen molar-refractivity contribution in [2.24, 2.45) is 0 Å². The summed E-state index contributed by atoms with van der Waals surface area (Å²) in [5, 5.41) is 9.54. The van der Waals surface area contributed by atoms with Crippen LogP contribution in [0.1, 0.15) is 20.3 Å². The number of phosphoric acid groups is 2. The first-order chi connectivity index (χ1) is 7.12. The number of aliphatic hydroxyl groups is 1. The molecule has 0 unspecified atom stereocenters. The molecule has 12 heteroatoms. The largest absolute Gasteiger partial charge is 0.473 e. The van der Waals surface area contributed by atoms with Gasteiger partial charge in [0.25, 0.3) is 5.97 Å². The van der Waals surface area contributed by atoms with Crippen LogP contribution in [0.25, 0.3) is 0 Å². The lowest BCUT2D eigenvalue weighted by Gasteiger charge is -2.32. The van der Waals surface area contributed by atoms with E-state index in [9.17, 15) is 14.2 Å². The van der Waals surface area contributed by atoms with E-state index in [2.05, 4.69) is 21.7 Å². The van der Waals surface area contributed by atoms with E-state index in [-0.39, 0.29) is 0 Å². The molecule has 5 N–H and O–H groups in total. The molecule has 9 nitrogen and oxygen atoms in total. The Morgan fingerprint density at radius 2 is 1.35 bits per heavy atom. The monoisotopic (exact) mass is 312 g/mol. The third-order valence-electron chi connectivity index (χ3n) is 1.18. The van der Waals surface area contributed by atoms with Crippen LogP contribution in [0.5, 0.6) is 0 Å². The summed E-state index contributed by atoms with van der Waals surface area (Å²) in [5.74, 6) is -3.15. The molecule has 0 aliphatic heterocycles. The molecule has 0 aliphatic carbocycles. The third kappa shape index (κ3) is 10.2. The minimum absolute atomic E-state index is 0.695. The summed E-state index contributed by atoms with van der Waals surface area (Å²) in [6, 6.07) is 0. The van der Waals surface area contributed by atoms with E-state index in [1.54, 1.807) is 0 Å². The van der Waals surface area contributed by atoms with Crippen LogP contribution in [-0.2, 0) is 18.2 Å². The van der Waals surface area contributed by atoms with E-state index in [1.165, 1.54) is 13.8 Å². The number of hydrogen-bond donors (Lipinski definition) is 6. The van der Waals surface area contributed by atoms with Gasteiger partial charge in [0.2, 0.25) is 0 Å². The Kier molecular flexibility index (Phi) is 5.42. The highest BCUT2D eigenvalue weighted by Crippen LogP contribution is 2.50. The van der Waals surface area contributed by atoms with Gasteiger partial charge in [0.1, 0.15) is 0 Å². The molecule has 0 aromatic rings. The van der Waals surface area contributed by atoms with Gasteiger partial charge >= 0.3 is 15.6 Å². The number of hydrogen-bond acceptors (Lipinski definition) is 6. The quantitative estimate of drug-likeness (QED) is 0.225. The van der Waals surface area contributed by atoms with Gasteiger partial charge in [-0.25, -0.2) is 18.2 Å². The summed E-state index contributed by atoms with van der Waals surface area (Å²) in [6.45, 7) is 2.82. The predicted octanol–water partition coefficient (Wildman–Crippen LogP) is -0.0504. The first-order valence-corrected chi connectivity index (χ1v) is 7.60. The Balaban J connectivity index is 5.08. The van der Waals surface area contributed by atoms with E-state index >= 15 is 0 Å². The Labute approximate surface area is 103 Å². The second-order valence-corrected chi connectivity index (χ2v) is 7.40. The molecular formula is C5H14O9P2S. The van der Waals surface area contributed by atoms with Gasteiger partial charge in [-0.2, -0.15) is 12.6 Å². The normalized spacial score (nSPS) is 15.1. The molecule has 0 saturated heterocycles. The smallest absolute Gasteiger partial charge is 0.343 e. The highest BCUT2D eigenvalue weighted by Gasteiger charge is 2.45. The average Bonchev–Trinajstić information content (AvgIpc) is 1.65. The van der Waals surface area contributed by atoms with Crippen LogP contribution < -0.4 is 0 Å². The van der Waals surface area contributed by atoms with Crippen molar-refractivity contribution in [1.82, 2.24) is 0 Å². The lowest BCUT2D eigenvalue weighted by atomic mass is 10.1. The molecule has 0 saturated carbocycles. The summed E-state index contributed by atoms with van der Waals surface area (Å²) in [7, 11) is -10.4. The molecule has 0 radical (unpaired) electrons. The molecule has 0 aromatic heterocycles. The summed E-state index contributed by atoms with van der Waals surface area (Å²) < 4.78 is 27.7. The van der Waals surface area contributed by atoms with Gasteiger partial charge in [-0.3, -0.25) is 0 Å². The maximum Gasteiger partial charge on any atom is 0.473 e. The van der Waals surface area contributed by atoms with Gasteiger partial charge in [0.05, 0.1) is 0 Å². The zero-order valence-electron chi connectivity index (χ0n) is 8.92. The van der Waals surface area contributed by atoms with Crippen LogP contribution in [0.2, 0.25) is 0 Å². The molecule has 0 spiro atoms. The maximum absolute atomic E-state index is 10.6. The second kappa shape index (κ2) is 5.26. The van der Waals surface area contributed by atoms with Crippen LogP contribution >= 0.6 is 28.3 Å². The maximum atomic E-state index is 10.6. The lowest BCUT2D eigenvalue weighted by Crippen LogP contribution is -2.39. The third-order valence-corrected chi connectivity index (χ3v) is 2.38. The van der Waals surface area contributed by atoms with E-state index in [0.717, 1.165) is 0 Å². The second-order valence-electron chi connectivity index (χ2n) is 3.87. The number of thiol groups is 1. The SMILES string of the molecule is CC(C)(S)CC(O)(OP(=O)(O)O)OP(=O)(O)O. The first kappa shape index (κ1) is 17.5. The van der Waals surface area contributed by atoms with Crippen molar-refractivity contribution in [2.45, 2.75) is 31.0 Å². The minimum Gasteiger partial charge on any atom is -0.343 e. The summed E-state index contributed by atoms with van der Waals surface area (Å²) in [5.41, 5.74) is 0. The number of rotatable bonds is 6. The Morgan fingerprint density at radius 3 is 1.53 bits per heavy atom. The molecule has 0 aliphatic rings. The van der Waals surface area contributed by atoms with Crippen LogP contribution in [-0.4, -0.2) is 35.4 Å². The Morgan fingerprint density at radius 1 is 1.06 bits per heavy atom. The molecular weight excluding hydrogens is 298 g/mol. The summed E-state index contributed by atoms with van der Waals surface area (Å²) >= 11 is 3.92. The van der Waals surface area contributed by atoms with Gasteiger partial charge in [-0.1, -0.05) is 13.8 Å². The molecule has 17 heavy (non-hydrogen) atoms. The molecule has 0 bridgehead atoms.